The topological polar surface area (TPSA) is 103 Å². The second-order valence-corrected chi connectivity index (χ2v) is 10.7. The predicted octanol–water partition coefficient (Wildman–Crippen LogP) is 2.55. The third-order valence-corrected chi connectivity index (χ3v) is 7.95. The first kappa shape index (κ1) is 28.4. The van der Waals surface area contributed by atoms with Crippen molar-refractivity contribution in [3.05, 3.63) is 108 Å². The zero-order valence-corrected chi connectivity index (χ0v) is 22.7. The van der Waals surface area contributed by atoms with E-state index in [1.165, 1.54) is 0 Å². The third kappa shape index (κ3) is 6.44. The van der Waals surface area contributed by atoms with E-state index in [0.29, 0.717) is 13.1 Å². The molecule has 8 nitrogen and oxygen atoms in total. The summed E-state index contributed by atoms with van der Waals surface area (Å²) in [6.45, 7) is 1.87. The monoisotopic (exact) mass is 546 g/mol. The van der Waals surface area contributed by atoms with E-state index in [9.17, 15) is 20.1 Å². The lowest BCUT2D eigenvalue weighted by molar-refractivity contribution is -0.280. The molecule has 5 rings (SSSR count). The van der Waals surface area contributed by atoms with Gasteiger partial charge in [0.1, 0.15) is 18.3 Å². The van der Waals surface area contributed by atoms with E-state index >= 15 is 0 Å². The van der Waals surface area contributed by atoms with Crippen molar-refractivity contribution < 1.29 is 29.6 Å². The normalized spacial score (nSPS) is 26.1. The second kappa shape index (κ2) is 13.0. The molecule has 3 aromatic carbocycles. The Morgan fingerprint density at radius 3 is 2.02 bits per heavy atom. The fourth-order valence-corrected chi connectivity index (χ4v) is 5.66. The van der Waals surface area contributed by atoms with Crippen LogP contribution in [0, 0.1) is 0 Å². The number of nitrogens with zero attached hydrogens (tertiary/aromatic N) is 2. The van der Waals surface area contributed by atoms with Gasteiger partial charge in [-0.3, -0.25) is 9.69 Å². The van der Waals surface area contributed by atoms with Gasteiger partial charge in [0.05, 0.1) is 24.7 Å². The van der Waals surface area contributed by atoms with Crippen molar-refractivity contribution >= 4 is 5.91 Å². The predicted molar refractivity (Wildman–Crippen MR) is 150 cm³/mol. The highest BCUT2D eigenvalue weighted by atomic mass is 16.7. The number of aliphatic hydroxyl groups is 3. The summed E-state index contributed by atoms with van der Waals surface area (Å²) in [7, 11) is 1.88. The number of carbonyl (C=O) groups is 1. The minimum Gasteiger partial charge on any atom is -0.388 e. The largest absolute Gasteiger partial charge is 0.388 e. The zero-order chi connectivity index (χ0) is 28.1. The minimum atomic E-state index is -1.31. The van der Waals surface area contributed by atoms with Crippen LogP contribution in [0.2, 0.25) is 0 Å². The van der Waals surface area contributed by atoms with Gasteiger partial charge in [0, 0.05) is 26.7 Å². The summed E-state index contributed by atoms with van der Waals surface area (Å²) in [5, 5.41) is 30.0. The molecule has 2 aliphatic heterocycles. The molecule has 3 N–H and O–H groups in total. The van der Waals surface area contributed by atoms with Crippen molar-refractivity contribution in [3.8, 4) is 0 Å². The van der Waals surface area contributed by atoms with Crippen LogP contribution in [0.4, 0.5) is 0 Å². The Kier molecular flexibility index (Phi) is 9.26. The molecule has 0 saturated carbocycles. The number of benzene rings is 3. The van der Waals surface area contributed by atoms with Gasteiger partial charge in [-0.2, -0.15) is 0 Å². The van der Waals surface area contributed by atoms with Crippen LogP contribution in [0.15, 0.2) is 91.0 Å². The molecule has 4 unspecified atom stereocenters. The second-order valence-electron chi connectivity index (χ2n) is 10.7. The maximum Gasteiger partial charge on any atom is 0.234 e. The highest BCUT2D eigenvalue weighted by Gasteiger charge is 2.41. The maximum absolute atomic E-state index is 14.2. The molecule has 0 spiro atoms. The van der Waals surface area contributed by atoms with Crippen LogP contribution in [0.5, 0.6) is 0 Å². The average Bonchev–Trinajstić information content (AvgIpc) is 3.44. The van der Waals surface area contributed by atoms with Gasteiger partial charge in [0.2, 0.25) is 5.91 Å². The molecule has 1 amide bonds. The minimum absolute atomic E-state index is 0.0181. The number of hydrogen-bond acceptors (Lipinski definition) is 7. The number of carbonyl (C=O) groups excluding carboxylic acids is 1. The smallest absolute Gasteiger partial charge is 0.234 e. The molecule has 0 bridgehead atoms. The van der Waals surface area contributed by atoms with Crippen molar-refractivity contribution in [2.45, 2.75) is 49.1 Å². The summed E-state index contributed by atoms with van der Waals surface area (Å²) in [6.07, 6.45) is -4.23. The van der Waals surface area contributed by atoms with Crippen LogP contribution in [-0.4, -0.2) is 95.0 Å². The SMILES string of the molecule is CN(C(=O)C(c1ccccc1)c1ccccc1)[C@H](CN1CC[C@@H](OC2OCC(O)C(O)C2O)C1)c1ccccc1. The van der Waals surface area contributed by atoms with Gasteiger partial charge < -0.3 is 29.7 Å². The molecule has 6 atom stereocenters. The summed E-state index contributed by atoms with van der Waals surface area (Å²) in [5.74, 6) is -0.412. The van der Waals surface area contributed by atoms with E-state index in [1.807, 2.05) is 90.8 Å². The Labute approximate surface area is 235 Å². The summed E-state index contributed by atoms with van der Waals surface area (Å²) < 4.78 is 11.4. The lowest BCUT2D eigenvalue weighted by Gasteiger charge is -2.36. The van der Waals surface area contributed by atoms with Gasteiger partial charge in [-0.15, -0.1) is 0 Å². The van der Waals surface area contributed by atoms with Crippen LogP contribution in [0.1, 0.15) is 35.1 Å². The van der Waals surface area contributed by atoms with Gasteiger partial charge in [0.15, 0.2) is 6.29 Å². The van der Waals surface area contributed by atoms with Gasteiger partial charge in [-0.05, 0) is 23.1 Å². The molecule has 8 heteroatoms. The van der Waals surface area contributed by atoms with E-state index in [4.69, 9.17) is 9.47 Å². The quantitative estimate of drug-likeness (QED) is 0.379. The van der Waals surface area contributed by atoms with E-state index < -0.39 is 30.5 Å². The van der Waals surface area contributed by atoms with Crippen molar-refractivity contribution in [1.29, 1.82) is 0 Å². The van der Waals surface area contributed by atoms with Crippen molar-refractivity contribution in [1.82, 2.24) is 9.80 Å². The Balaban J connectivity index is 1.33. The Hall–Kier alpha value is -3.11. The highest BCUT2D eigenvalue weighted by molar-refractivity contribution is 5.87. The molecule has 40 heavy (non-hydrogen) atoms. The van der Waals surface area contributed by atoms with Crippen molar-refractivity contribution in [2.75, 3.05) is 33.3 Å². The molecule has 0 radical (unpaired) electrons. The number of aliphatic hydroxyl groups excluding tert-OH is 3. The summed E-state index contributed by atoms with van der Waals surface area (Å²) in [5.41, 5.74) is 2.95. The van der Waals surface area contributed by atoms with Crippen molar-refractivity contribution in [3.63, 3.8) is 0 Å². The van der Waals surface area contributed by atoms with E-state index in [2.05, 4.69) is 17.0 Å². The third-order valence-electron chi connectivity index (χ3n) is 7.95. The van der Waals surface area contributed by atoms with Gasteiger partial charge >= 0.3 is 0 Å². The Bertz CT molecular complexity index is 1170. The Morgan fingerprint density at radius 2 is 1.45 bits per heavy atom. The maximum atomic E-state index is 14.2. The van der Waals surface area contributed by atoms with Gasteiger partial charge in [-0.25, -0.2) is 0 Å². The average molecular weight is 547 g/mol. The van der Waals surface area contributed by atoms with E-state index in [1.54, 1.807) is 0 Å². The molecule has 2 fully saturated rings. The highest BCUT2D eigenvalue weighted by Crippen LogP contribution is 2.32. The molecule has 0 aliphatic carbocycles. The molecule has 2 aliphatic rings. The number of rotatable bonds is 9. The molecular formula is C32H38N2O6. The first-order valence-corrected chi connectivity index (χ1v) is 13.9. The first-order chi connectivity index (χ1) is 19.4. The molecule has 3 aromatic rings. The number of likely N-dealkylation sites (tertiary alicyclic amines) is 1. The molecular weight excluding hydrogens is 508 g/mol. The fourth-order valence-electron chi connectivity index (χ4n) is 5.66. The molecule has 2 saturated heterocycles. The van der Waals surface area contributed by atoms with Crippen LogP contribution in [0.25, 0.3) is 0 Å². The van der Waals surface area contributed by atoms with E-state index in [-0.39, 0.29) is 24.7 Å². The number of ether oxygens (including phenoxy) is 2. The summed E-state index contributed by atoms with van der Waals surface area (Å²) in [6, 6.07) is 29.6. The van der Waals surface area contributed by atoms with Crippen molar-refractivity contribution in [2.24, 2.45) is 0 Å². The van der Waals surface area contributed by atoms with Crippen LogP contribution < -0.4 is 0 Å². The van der Waals surface area contributed by atoms with Gasteiger partial charge in [-0.1, -0.05) is 91.0 Å². The summed E-state index contributed by atoms with van der Waals surface area (Å²) >= 11 is 0. The molecule has 0 aromatic heterocycles. The van der Waals surface area contributed by atoms with Crippen LogP contribution >= 0.6 is 0 Å². The van der Waals surface area contributed by atoms with Crippen LogP contribution in [0.3, 0.4) is 0 Å². The summed E-state index contributed by atoms with van der Waals surface area (Å²) in [4.78, 5) is 18.4. The zero-order valence-electron chi connectivity index (χ0n) is 22.7. The lowest BCUT2D eigenvalue weighted by atomic mass is 9.89. The number of likely N-dealkylation sites (N-methyl/N-ethyl adjacent to an activating group) is 1. The number of hydrogen-bond donors (Lipinski definition) is 3. The molecule has 212 valence electrons. The van der Waals surface area contributed by atoms with Crippen LogP contribution in [-0.2, 0) is 14.3 Å². The van der Waals surface area contributed by atoms with E-state index in [0.717, 1.165) is 29.7 Å². The standard InChI is InChI=1S/C32H38N2O6/c1-33(31(38)28(23-13-7-3-8-14-23)24-15-9-4-10-16-24)26(22-11-5-2-6-12-22)20-34-18-17-25(19-34)40-32-30(37)29(36)27(35)21-39-32/h2-16,25-30,32,35-37H,17-21H2,1H3/t25-,26-,27?,29?,30?,32?/m1/s1. The number of amides is 1. The van der Waals surface area contributed by atoms with Gasteiger partial charge in [0.25, 0.3) is 0 Å². The first-order valence-electron chi connectivity index (χ1n) is 13.9. The lowest BCUT2D eigenvalue weighted by Crippen LogP contribution is -2.54. The molecule has 2 heterocycles. The fraction of sp³-hybridized carbons (Fsp3) is 0.406. The Morgan fingerprint density at radius 1 is 0.900 bits per heavy atom.